The van der Waals surface area contributed by atoms with E-state index in [0.717, 1.165) is 34.6 Å². The van der Waals surface area contributed by atoms with Crippen LogP contribution in [0.3, 0.4) is 0 Å². The summed E-state index contributed by atoms with van der Waals surface area (Å²) in [5.74, 6) is 0.828. The topological polar surface area (TPSA) is 38.0 Å². The van der Waals surface area contributed by atoms with Crippen molar-refractivity contribution in [3.8, 4) is 0 Å². The van der Waals surface area contributed by atoms with Crippen molar-refractivity contribution in [2.75, 3.05) is 5.75 Å². The van der Waals surface area contributed by atoms with E-state index in [-0.39, 0.29) is 0 Å². The smallest absolute Gasteiger partial charge is 0.0803 e. The molecule has 0 radical (unpaired) electrons. The van der Waals surface area contributed by atoms with Crippen LogP contribution in [0.25, 0.3) is 0 Å². The second kappa shape index (κ2) is 4.94. The van der Waals surface area contributed by atoms with E-state index in [1.807, 2.05) is 23.4 Å². The number of hydrogen-bond donors (Lipinski definition) is 1. The molecule has 2 unspecified atom stereocenters. The van der Waals surface area contributed by atoms with Gasteiger partial charge >= 0.3 is 0 Å². The molecule has 1 aromatic rings. The van der Waals surface area contributed by atoms with Gasteiger partial charge in [-0.25, -0.2) is 0 Å². The van der Waals surface area contributed by atoms with E-state index < -0.39 is 5.60 Å². The lowest BCUT2D eigenvalue weighted by molar-refractivity contribution is 0.0619. The summed E-state index contributed by atoms with van der Waals surface area (Å²) in [5, 5.41) is 15.6. The summed E-state index contributed by atoms with van der Waals surface area (Å²) in [4.78, 5) is 0. The van der Waals surface area contributed by atoms with Crippen LogP contribution >= 0.6 is 27.7 Å². The Morgan fingerprint density at radius 2 is 2.35 bits per heavy atom. The van der Waals surface area contributed by atoms with Crippen LogP contribution in [-0.2, 0) is 13.0 Å². The molecular weight excluding hydrogens is 300 g/mol. The first-order valence-corrected chi connectivity index (χ1v) is 7.85. The molecule has 2 atom stereocenters. The van der Waals surface area contributed by atoms with Gasteiger partial charge in [-0.3, -0.25) is 4.68 Å². The van der Waals surface area contributed by atoms with Crippen LogP contribution in [0.4, 0.5) is 0 Å². The number of halogens is 1. The Morgan fingerprint density at radius 1 is 1.65 bits per heavy atom. The van der Waals surface area contributed by atoms with Crippen molar-refractivity contribution >= 4 is 27.7 Å². The number of aryl methyl sites for hydroxylation is 2. The second-order valence-electron chi connectivity index (χ2n) is 4.89. The molecule has 0 saturated carbocycles. The van der Waals surface area contributed by atoms with Gasteiger partial charge in [-0.05, 0) is 36.2 Å². The van der Waals surface area contributed by atoms with Gasteiger partial charge in [0.25, 0.3) is 0 Å². The number of rotatable bonds is 3. The molecule has 2 rings (SSSR count). The maximum Gasteiger partial charge on any atom is 0.0803 e. The summed E-state index contributed by atoms with van der Waals surface area (Å²) in [6, 6.07) is 0. The molecule has 3 nitrogen and oxygen atoms in total. The van der Waals surface area contributed by atoms with Gasteiger partial charge in [0.15, 0.2) is 0 Å². The van der Waals surface area contributed by atoms with Gasteiger partial charge in [0, 0.05) is 24.0 Å². The lowest BCUT2D eigenvalue weighted by Gasteiger charge is -2.22. The Kier molecular flexibility index (Phi) is 3.90. The highest BCUT2D eigenvalue weighted by Crippen LogP contribution is 2.38. The maximum atomic E-state index is 10.6. The van der Waals surface area contributed by atoms with E-state index in [9.17, 15) is 5.11 Å². The van der Waals surface area contributed by atoms with Crippen molar-refractivity contribution in [3.63, 3.8) is 0 Å². The molecular formula is C12H19BrN2OS. The normalized spacial score (nSPS) is 28.9. The Bertz CT molecular complexity index is 421. The first-order chi connectivity index (χ1) is 7.95. The Balaban J connectivity index is 2.23. The molecule has 0 bridgehead atoms. The van der Waals surface area contributed by atoms with Crippen molar-refractivity contribution in [2.45, 2.75) is 51.0 Å². The third-order valence-electron chi connectivity index (χ3n) is 3.25. The van der Waals surface area contributed by atoms with Crippen molar-refractivity contribution in [1.29, 1.82) is 0 Å². The fraction of sp³-hybridized carbons (Fsp3) is 0.750. The standard InChI is InChI=1S/C12H19BrN2OS/c1-4-15-10(11(13)9(3)14-15)6-12(16)5-8(2)17-7-12/h8,16H,4-7H2,1-3H3. The SMILES string of the molecule is CCn1nc(C)c(Br)c1CC1(O)CSC(C)C1. The van der Waals surface area contributed by atoms with Crippen molar-refractivity contribution in [3.05, 3.63) is 15.9 Å². The highest BCUT2D eigenvalue weighted by Gasteiger charge is 2.37. The zero-order valence-corrected chi connectivity index (χ0v) is 12.9. The summed E-state index contributed by atoms with van der Waals surface area (Å²) in [6.07, 6.45) is 1.57. The monoisotopic (exact) mass is 318 g/mol. The second-order valence-corrected chi connectivity index (χ2v) is 7.11. The van der Waals surface area contributed by atoms with Gasteiger partial charge < -0.3 is 5.11 Å². The summed E-state index contributed by atoms with van der Waals surface area (Å²) in [7, 11) is 0. The minimum Gasteiger partial charge on any atom is -0.389 e. The van der Waals surface area contributed by atoms with Crippen LogP contribution < -0.4 is 0 Å². The van der Waals surface area contributed by atoms with Gasteiger partial charge in [0.1, 0.15) is 0 Å². The van der Waals surface area contributed by atoms with Crippen LogP contribution in [0.15, 0.2) is 4.47 Å². The summed E-state index contributed by atoms with van der Waals surface area (Å²) in [6.45, 7) is 7.11. The zero-order valence-electron chi connectivity index (χ0n) is 10.5. The quantitative estimate of drug-likeness (QED) is 0.931. The van der Waals surface area contributed by atoms with E-state index in [1.165, 1.54) is 0 Å². The van der Waals surface area contributed by atoms with Crippen molar-refractivity contribution in [1.82, 2.24) is 9.78 Å². The number of nitrogens with zero attached hydrogens (tertiary/aromatic N) is 2. The molecule has 1 fully saturated rings. The van der Waals surface area contributed by atoms with E-state index >= 15 is 0 Å². The van der Waals surface area contributed by atoms with Gasteiger partial charge in [0.05, 0.1) is 21.5 Å². The molecule has 1 aliphatic rings. The van der Waals surface area contributed by atoms with E-state index in [4.69, 9.17) is 0 Å². The predicted octanol–water partition coefficient (Wildman–Crippen LogP) is 2.77. The zero-order chi connectivity index (χ0) is 12.6. The van der Waals surface area contributed by atoms with Crippen LogP contribution in [0, 0.1) is 6.92 Å². The van der Waals surface area contributed by atoms with Crippen LogP contribution in [0.2, 0.25) is 0 Å². The Morgan fingerprint density at radius 3 is 2.88 bits per heavy atom. The number of aromatic nitrogens is 2. The number of thioether (sulfide) groups is 1. The first kappa shape index (κ1) is 13.4. The van der Waals surface area contributed by atoms with Gasteiger partial charge in [-0.15, -0.1) is 0 Å². The molecule has 1 aliphatic heterocycles. The van der Waals surface area contributed by atoms with Gasteiger partial charge in [-0.1, -0.05) is 6.92 Å². The van der Waals surface area contributed by atoms with Gasteiger partial charge in [0.2, 0.25) is 0 Å². The van der Waals surface area contributed by atoms with Crippen molar-refractivity contribution < 1.29 is 5.11 Å². The molecule has 5 heteroatoms. The average molecular weight is 319 g/mol. The summed E-state index contributed by atoms with van der Waals surface area (Å²) in [5.41, 5.74) is 1.57. The molecule has 1 N–H and O–H groups in total. The molecule has 0 aliphatic carbocycles. The first-order valence-electron chi connectivity index (χ1n) is 6.01. The Labute approximate surface area is 115 Å². The highest BCUT2D eigenvalue weighted by molar-refractivity contribution is 9.10. The molecule has 2 heterocycles. The predicted molar refractivity (Wildman–Crippen MR) is 75.5 cm³/mol. The molecule has 17 heavy (non-hydrogen) atoms. The minimum absolute atomic E-state index is 0.554. The lowest BCUT2D eigenvalue weighted by atomic mass is 9.94. The molecule has 0 amide bonds. The summed E-state index contributed by atoms with van der Waals surface area (Å²) < 4.78 is 3.04. The van der Waals surface area contributed by atoms with Gasteiger partial charge in [-0.2, -0.15) is 16.9 Å². The van der Waals surface area contributed by atoms with E-state index in [2.05, 4.69) is 34.9 Å². The molecule has 1 aromatic heterocycles. The molecule has 0 aromatic carbocycles. The van der Waals surface area contributed by atoms with Crippen molar-refractivity contribution in [2.24, 2.45) is 0 Å². The highest BCUT2D eigenvalue weighted by atomic mass is 79.9. The largest absolute Gasteiger partial charge is 0.389 e. The van der Waals surface area contributed by atoms with Crippen LogP contribution in [0.5, 0.6) is 0 Å². The van der Waals surface area contributed by atoms with Crippen LogP contribution in [-0.4, -0.2) is 31.5 Å². The third-order valence-corrected chi connectivity index (χ3v) is 5.72. The average Bonchev–Trinajstić information content (AvgIpc) is 2.74. The fourth-order valence-corrected chi connectivity index (χ4v) is 4.09. The van der Waals surface area contributed by atoms with E-state index in [0.29, 0.717) is 11.7 Å². The number of aliphatic hydroxyl groups is 1. The molecule has 0 spiro atoms. The molecule has 1 saturated heterocycles. The van der Waals surface area contributed by atoms with Crippen LogP contribution in [0.1, 0.15) is 31.7 Å². The minimum atomic E-state index is -0.563. The Hall–Kier alpha value is -0.0000000000000000555. The van der Waals surface area contributed by atoms with E-state index in [1.54, 1.807) is 0 Å². The third kappa shape index (κ3) is 2.71. The summed E-state index contributed by atoms with van der Waals surface area (Å²) >= 11 is 5.44. The lowest BCUT2D eigenvalue weighted by Crippen LogP contribution is -2.32. The number of hydrogen-bond acceptors (Lipinski definition) is 3. The fourth-order valence-electron chi connectivity index (χ4n) is 2.42. The molecule has 96 valence electrons. The maximum absolute atomic E-state index is 10.6.